The molecule has 15 heavy (non-hydrogen) atoms. The Morgan fingerprint density at radius 3 is 3.00 bits per heavy atom. The fourth-order valence-corrected chi connectivity index (χ4v) is 1.45. The molecule has 0 fully saturated rings. The molecule has 0 unspecified atom stereocenters. The van der Waals surface area contributed by atoms with E-state index in [0.29, 0.717) is 16.7 Å². The molecule has 0 bridgehead atoms. The summed E-state index contributed by atoms with van der Waals surface area (Å²) >= 11 is 0. The first-order valence-corrected chi connectivity index (χ1v) is 4.43. The van der Waals surface area contributed by atoms with E-state index >= 15 is 0 Å². The van der Waals surface area contributed by atoms with E-state index in [1.807, 2.05) is 0 Å². The minimum absolute atomic E-state index is 0.0780. The molecule has 76 valence electrons. The summed E-state index contributed by atoms with van der Waals surface area (Å²) in [5, 5.41) is 8.97. The van der Waals surface area contributed by atoms with Gasteiger partial charge in [0.1, 0.15) is 0 Å². The second-order valence-electron chi connectivity index (χ2n) is 3.12. The van der Waals surface area contributed by atoms with Crippen molar-refractivity contribution in [2.45, 2.75) is 13.2 Å². The molecular weight excluding hydrogens is 194 g/mol. The van der Waals surface area contributed by atoms with Gasteiger partial charge in [-0.25, -0.2) is 4.79 Å². The molecule has 0 radical (unpaired) electrons. The highest BCUT2D eigenvalue weighted by Gasteiger charge is 2.08. The van der Waals surface area contributed by atoms with E-state index in [0.717, 1.165) is 0 Å². The number of nitrogens with zero attached hydrogens (tertiary/aromatic N) is 1. The molecule has 0 aliphatic rings. The van der Waals surface area contributed by atoms with E-state index < -0.39 is 5.76 Å². The van der Waals surface area contributed by atoms with Crippen LogP contribution in [0.5, 0.6) is 0 Å². The third kappa shape index (κ3) is 1.53. The number of rotatable bonds is 2. The molecular formula is C11H9NO3. The predicted octanol–water partition coefficient (Wildman–Crippen LogP) is 0.720. The van der Waals surface area contributed by atoms with Crippen LogP contribution in [0, 0.1) is 12.3 Å². The van der Waals surface area contributed by atoms with Crippen molar-refractivity contribution >= 4 is 11.1 Å². The van der Waals surface area contributed by atoms with Gasteiger partial charge in [-0.2, -0.15) is 0 Å². The number of aliphatic hydroxyl groups excluding tert-OH is 1. The average molecular weight is 203 g/mol. The SMILES string of the molecule is C#CCn1c(=O)oc2ccc(CO)cc21. The minimum Gasteiger partial charge on any atom is -0.408 e. The molecule has 0 saturated carbocycles. The maximum atomic E-state index is 11.4. The van der Waals surface area contributed by atoms with Gasteiger partial charge in [-0.3, -0.25) is 4.57 Å². The van der Waals surface area contributed by atoms with Crippen LogP contribution in [-0.4, -0.2) is 9.67 Å². The van der Waals surface area contributed by atoms with Crippen LogP contribution >= 0.6 is 0 Å². The monoisotopic (exact) mass is 203 g/mol. The first kappa shape index (κ1) is 9.56. The highest BCUT2D eigenvalue weighted by molar-refractivity contribution is 5.73. The number of fused-ring (bicyclic) bond motifs is 1. The van der Waals surface area contributed by atoms with Crippen LogP contribution in [0.25, 0.3) is 11.1 Å². The standard InChI is InChI=1S/C11H9NO3/c1-2-5-12-9-6-8(7-13)3-4-10(9)15-11(12)14/h1,3-4,6,13H,5,7H2. The van der Waals surface area contributed by atoms with Gasteiger partial charge in [0, 0.05) is 0 Å². The van der Waals surface area contributed by atoms with Gasteiger partial charge in [-0.05, 0) is 17.7 Å². The molecule has 1 heterocycles. The molecule has 2 rings (SSSR count). The van der Waals surface area contributed by atoms with Gasteiger partial charge < -0.3 is 9.52 Å². The first-order chi connectivity index (χ1) is 7.26. The predicted molar refractivity (Wildman–Crippen MR) is 55.2 cm³/mol. The summed E-state index contributed by atoms with van der Waals surface area (Å²) in [7, 11) is 0. The minimum atomic E-state index is -0.474. The molecule has 4 heteroatoms. The lowest BCUT2D eigenvalue weighted by molar-refractivity contribution is 0.282. The van der Waals surface area contributed by atoms with Crippen molar-refractivity contribution in [3.63, 3.8) is 0 Å². The van der Waals surface area contributed by atoms with Crippen molar-refractivity contribution in [1.29, 1.82) is 0 Å². The number of hydrogen-bond donors (Lipinski definition) is 1. The van der Waals surface area contributed by atoms with E-state index in [9.17, 15) is 4.79 Å². The van der Waals surface area contributed by atoms with Gasteiger partial charge in [0.2, 0.25) is 0 Å². The zero-order chi connectivity index (χ0) is 10.8. The largest absolute Gasteiger partial charge is 0.420 e. The van der Waals surface area contributed by atoms with Crippen LogP contribution in [0.15, 0.2) is 27.4 Å². The molecule has 0 amide bonds. The Balaban J connectivity index is 2.73. The number of oxazole rings is 1. The number of benzene rings is 1. The van der Waals surface area contributed by atoms with Crippen LogP contribution < -0.4 is 5.76 Å². The van der Waals surface area contributed by atoms with E-state index in [2.05, 4.69) is 5.92 Å². The van der Waals surface area contributed by atoms with Crippen LogP contribution in [0.3, 0.4) is 0 Å². The first-order valence-electron chi connectivity index (χ1n) is 4.43. The van der Waals surface area contributed by atoms with E-state index in [-0.39, 0.29) is 13.2 Å². The molecule has 0 aliphatic heterocycles. The zero-order valence-electron chi connectivity index (χ0n) is 7.93. The number of aliphatic hydroxyl groups is 1. The van der Waals surface area contributed by atoms with Gasteiger partial charge in [-0.15, -0.1) is 6.42 Å². The molecule has 0 aliphatic carbocycles. The Morgan fingerprint density at radius 1 is 1.53 bits per heavy atom. The Hall–Kier alpha value is -1.99. The van der Waals surface area contributed by atoms with E-state index in [4.69, 9.17) is 15.9 Å². The van der Waals surface area contributed by atoms with Crippen LogP contribution in [0.2, 0.25) is 0 Å². The lowest BCUT2D eigenvalue weighted by Gasteiger charge is -1.97. The fraction of sp³-hybridized carbons (Fsp3) is 0.182. The molecule has 1 N–H and O–H groups in total. The van der Waals surface area contributed by atoms with Crippen molar-refractivity contribution in [3.05, 3.63) is 34.3 Å². The van der Waals surface area contributed by atoms with Crippen LogP contribution in [0.4, 0.5) is 0 Å². The van der Waals surface area contributed by atoms with Gasteiger partial charge >= 0.3 is 5.76 Å². The second-order valence-corrected chi connectivity index (χ2v) is 3.12. The van der Waals surface area contributed by atoms with Gasteiger partial charge in [0.15, 0.2) is 5.58 Å². The Labute approximate surface area is 85.8 Å². The van der Waals surface area contributed by atoms with Crippen LogP contribution in [-0.2, 0) is 13.2 Å². The smallest absolute Gasteiger partial charge is 0.408 e. The van der Waals surface area contributed by atoms with Crippen molar-refractivity contribution in [3.8, 4) is 12.3 Å². The summed E-state index contributed by atoms with van der Waals surface area (Å²) in [5.74, 6) is 1.91. The topological polar surface area (TPSA) is 55.4 Å². The Kier molecular flexibility index (Phi) is 2.32. The number of aromatic nitrogens is 1. The second kappa shape index (κ2) is 3.64. The Bertz CT molecular complexity index is 586. The molecule has 0 atom stereocenters. The lowest BCUT2D eigenvalue weighted by atomic mass is 10.2. The van der Waals surface area contributed by atoms with E-state index in [1.54, 1.807) is 18.2 Å². The maximum absolute atomic E-state index is 11.4. The quantitative estimate of drug-likeness (QED) is 0.732. The summed E-state index contributed by atoms with van der Waals surface area (Å²) in [4.78, 5) is 11.4. The molecule has 1 aromatic carbocycles. The van der Waals surface area contributed by atoms with Gasteiger partial charge in [0.05, 0.1) is 18.7 Å². The molecule has 0 spiro atoms. The summed E-state index contributed by atoms with van der Waals surface area (Å²) in [5.41, 5.74) is 1.81. The molecule has 1 aromatic heterocycles. The van der Waals surface area contributed by atoms with Crippen molar-refractivity contribution < 1.29 is 9.52 Å². The number of terminal acetylenes is 1. The van der Waals surface area contributed by atoms with Crippen molar-refractivity contribution in [2.75, 3.05) is 0 Å². The third-order valence-corrected chi connectivity index (χ3v) is 2.16. The molecule has 2 aromatic rings. The maximum Gasteiger partial charge on any atom is 0.420 e. The number of hydrogen-bond acceptors (Lipinski definition) is 3. The van der Waals surface area contributed by atoms with Crippen molar-refractivity contribution in [2.24, 2.45) is 0 Å². The zero-order valence-corrected chi connectivity index (χ0v) is 7.93. The van der Waals surface area contributed by atoms with Gasteiger partial charge in [0.25, 0.3) is 0 Å². The summed E-state index contributed by atoms with van der Waals surface area (Å²) < 4.78 is 6.34. The van der Waals surface area contributed by atoms with Crippen molar-refractivity contribution in [1.82, 2.24) is 4.57 Å². The fourth-order valence-electron chi connectivity index (χ4n) is 1.45. The lowest BCUT2D eigenvalue weighted by Crippen LogP contribution is -2.12. The average Bonchev–Trinajstić information content (AvgIpc) is 2.55. The normalized spacial score (nSPS) is 10.4. The third-order valence-electron chi connectivity index (χ3n) is 2.16. The highest BCUT2D eigenvalue weighted by Crippen LogP contribution is 2.14. The van der Waals surface area contributed by atoms with E-state index in [1.165, 1.54) is 4.57 Å². The van der Waals surface area contributed by atoms with Gasteiger partial charge in [-0.1, -0.05) is 12.0 Å². The molecule has 4 nitrogen and oxygen atoms in total. The van der Waals surface area contributed by atoms with Crippen LogP contribution in [0.1, 0.15) is 5.56 Å². The summed E-state index contributed by atoms with van der Waals surface area (Å²) in [6.45, 7) is 0.0894. The molecule has 0 saturated heterocycles. The summed E-state index contributed by atoms with van der Waals surface area (Å²) in [6.07, 6.45) is 5.15. The Morgan fingerprint density at radius 2 is 2.33 bits per heavy atom. The summed E-state index contributed by atoms with van der Waals surface area (Å²) in [6, 6.07) is 5.04. The highest BCUT2D eigenvalue weighted by atomic mass is 16.4.